The van der Waals surface area contributed by atoms with Crippen LogP contribution in [0.2, 0.25) is 0 Å². The van der Waals surface area contributed by atoms with Crippen LogP contribution in [0, 0.1) is 5.92 Å². The number of imide groups is 1. The molecule has 1 aromatic rings. The highest BCUT2D eigenvalue weighted by atomic mass is 16.5. The van der Waals surface area contributed by atoms with Crippen molar-refractivity contribution < 1.29 is 33.3 Å². The van der Waals surface area contributed by atoms with Crippen molar-refractivity contribution in [1.82, 2.24) is 15.1 Å². The Balaban J connectivity index is 1.93. The molecule has 3 unspecified atom stereocenters. The van der Waals surface area contributed by atoms with Gasteiger partial charge in [-0.3, -0.25) is 9.69 Å². The molecule has 0 radical (unpaired) electrons. The molecule has 10 heteroatoms. The van der Waals surface area contributed by atoms with Gasteiger partial charge in [0.2, 0.25) is 11.7 Å². The zero-order chi connectivity index (χ0) is 23.2. The van der Waals surface area contributed by atoms with Crippen molar-refractivity contribution in [2.45, 2.75) is 25.4 Å². The molecule has 0 aliphatic carbocycles. The van der Waals surface area contributed by atoms with Gasteiger partial charge in [0.1, 0.15) is 12.8 Å². The highest BCUT2D eigenvalue weighted by Crippen LogP contribution is 2.48. The predicted molar refractivity (Wildman–Crippen MR) is 112 cm³/mol. The maximum Gasteiger partial charge on any atom is 0.336 e. The van der Waals surface area contributed by atoms with Gasteiger partial charge in [-0.25, -0.2) is 9.59 Å². The summed E-state index contributed by atoms with van der Waals surface area (Å²) in [5, 5.41) is 3.25. The first kappa shape index (κ1) is 21.8. The second-order valence-corrected chi connectivity index (χ2v) is 7.89. The molecule has 3 aliphatic heterocycles. The molecule has 1 aromatic carbocycles. The van der Waals surface area contributed by atoms with E-state index < -0.39 is 24.0 Å². The van der Waals surface area contributed by atoms with Gasteiger partial charge in [0, 0.05) is 19.5 Å². The smallest absolute Gasteiger partial charge is 0.336 e. The minimum atomic E-state index is -0.739. The van der Waals surface area contributed by atoms with Gasteiger partial charge in [0.05, 0.1) is 38.5 Å². The summed E-state index contributed by atoms with van der Waals surface area (Å²) in [6, 6.07) is 3.10. The number of ether oxygens (including phenoxy) is 4. The molecule has 32 heavy (non-hydrogen) atoms. The number of esters is 1. The zero-order valence-corrected chi connectivity index (χ0v) is 18.8. The monoisotopic (exact) mass is 445 g/mol. The highest BCUT2D eigenvalue weighted by molar-refractivity contribution is 6.02. The van der Waals surface area contributed by atoms with Crippen LogP contribution in [0.5, 0.6) is 17.2 Å². The number of nitrogens with one attached hydrogen (secondary N) is 1. The van der Waals surface area contributed by atoms with Gasteiger partial charge in [-0.15, -0.1) is 0 Å². The first-order valence-electron chi connectivity index (χ1n) is 10.4. The summed E-state index contributed by atoms with van der Waals surface area (Å²) in [6.45, 7) is 2.49. The SMILES string of the molecule is CCCN1C(=O)N(C)C(=O)C2C(c3cc(OC)c(OC)c(OC)c3)C3=C(COC3=O)NC21. The van der Waals surface area contributed by atoms with E-state index in [1.807, 2.05) is 6.92 Å². The Morgan fingerprint density at radius 3 is 2.31 bits per heavy atom. The molecule has 4 rings (SSSR count). The molecule has 1 N–H and O–H groups in total. The summed E-state index contributed by atoms with van der Waals surface area (Å²) < 4.78 is 21.7. The highest BCUT2D eigenvalue weighted by Gasteiger charge is 2.55. The first-order chi connectivity index (χ1) is 15.4. The third kappa shape index (κ3) is 3.12. The Bertz CT molecular complexity index is 980. The maximum absolute atomic E-state index is 13.4. The summed E-state index contributed by atoms with van der Waals surface area (Å²) >= 11 is 0. The Kier molecular flexibility index (Phi) is 5.62. The number of urea groups is 1. The van der Waals surface area contributed by atoms with Crippen molar-refractivity contribution in [3.8, 4) is 17.2 Å². The fourth-order valence-corrected chi connectivity index (χ4v) is 4.79. The summed E-state index contributed by atoms with van der Waals surface area (Å²) in [5.41, 5.74) is 1.60. The van der Waals surface area contributed by atoms with Crippen LogP contribution in [0.4, 0.5) is 4.79 Å². The van der Waals surface area contributed by atoms with Crippen LogP contribution in [0.1, 0.15) is 24.8 Å². The lowest BCUT2D eigenvalue weighted by Gasteiger charge is -2.49. The van der Waals surface area contributed by atoms with Crippen LogP contribution < -0.4 is 19.5 Å². The van der Waals surface area contributed by atoms with Gasteiger partial charge in [-0.2, -0.15) is 0 Å². The number of carbonyl (C=O) groups is 3. The van der Waals surface area contributed by atoms with Crippen LogP contribution in [0.15, 0.2) is 23.4 Å². The number of hydrogen-bond acceptors (Lipinski definition) is 8. The number of methoxy groups -OCH3 is 3. The van der Waals surface area contributed by atoms with Crippen molar-refractivity contribution in [2.24, 2.45) is 5.92 Å². The van der Waals surface area contributed by atoms with Gasteiger partial charge < -0.3 is 29.2 Å². The van der Waals surface area contributed by atoms with Crippen molar-refractivity contribution in [3.05, 3.63) is 29.0 Å². The normalized spacial score (nSPS) is 24.7. The molecular weight excluding hydrogens is 418 g/mol. The molecule has 1 fully saturated rings. The second kappa shape index (κ2) is 8.25. The van der Waals surface area contributed by atoms with E-state index in [9.17, 15) is 14.4 Å². The van der Waals surface area contributed by atoms with Crippen LogP contribution in [0.25, 0.3) is 0 Å². The average Bonchev–Trinajstić information content (AvgIpc) is 3.18. The molecule has 0 aromatic heterocycles. The van der Waals surface area contributed by atoms with Gasteiger partial charge >= 0.3 is 12.0 Å². The molecule has 0 bridgehead atoms. The largest absolute Gasteiger partial charge is 0.493 e. The predicted octanol–water partition coefficient (Wildman–Crippen LogP) is 1.46. The average molecular weight is 445 g/mol. The molecule has 3 heterocycles. The lowest BCUT2D eigenvalue weighted by molar-refractivity contribution is -0.140. The quantitative estimate of drug-likeness (QED) is 0.656. The molecule has 3 amide bonds. The molecule has 10 nitrogen and oxygen atoms in total. The van der Waals surface area contributed by atoms with E-state index in [-0.39, 0.29) is 18.5 Å². The van der Waals surface area contributed by atoms with E-state index in [0.29, 0.717) is 40.6 Å². The van der Waals surface area contributed by atoms with Crippen molar-refractivity contribution in [3.63, 3.8) is 0 Å². The molecule has 3 atom stereocenters. The number of cyclic esters (lactones) is 1. The third-order valence-electron chi connectivity index (χ3n) is 6.22. The fourth-order valence-electron chi connectivity index (χ4n) is 4.79. The number of carbonyl (C=O) groups excluding carboxylic acids is 3. The third-order valence-corrected chi connectivity index (χ3v) is 6.22. The fraction of sp³-hybridized carbons (Fsp3) is 0.500. The van der Waals surface area contributed by atoms with E-state index in [0.717, 1.165) is 11.3 Å². The van der Waals surface area contributed by atoms with E-state index in [4.69, 9.17) is 18.9 Å². The van der Waals surface area contributed by atoms with Crippen molar-refractivity contribution in [1.29, 1.82) is 0 Å². The standard InChI is InChI=1S/C22H27N3O7/c1-6-7-25-19-17(20(26)24(2)22(25)28)15(16-12(23-19)10-32-21(16)27)11-8-13(29-3)18(31-5)14(9-11)30-4/h8-9,15,17,19,23H,6-7,10H2,1-5H3. The summed E-state index contributed by atoms with van der Waals surface area (Å²) in [5.74, 6) is -1.04. The van der Waals surface area contributed by atoms with Gasteiger partial charge in [-0.1, -0.05) is 6.92 Å². The van der Waals surface area contributed by atoms with Gasteiger partial charge in [0.25, 0.3) is 0 Å². The van der Waals surface area contributed by atoms with Gasteiger partial charge in [-0.05, 0) is 24.1 Å². The van der Waals surface area contributed by atoms with E-state index in [1.54, 1.807) is 17.0 Å². The van der Waals surface area contributed by atoms with Crippen LogP contribution in [0.3, 0.4) is 0 Å². The van der Waals surface area contributed by atoms with E-state index >= 15 is 0 Å². The van der Waals surface area contributed by atoms with Crippen LogP contribution in [-0.4, -0.2) is 75.4 Å². The van der Waals surface area contributed by atoms with Gasteiger partial charge in [0.15, 0.2) is 11.5 Å². The molecule has 0 spiro atoms. The minimum absolute atomic E-state index is 0.0660. The van der Waals surface area contributed by atoms with E-state index in [1.165, 1.54) is 28.4 Å². The van der Waals surface area contributed by atoms with Crippen LogP contribution in [-0.2, 0) is 14.3 Å². The lowest BCUT2D eigenvalue weighted by atomic mass is 9.74. The number of fused-ring (bicyclic) bond motifs is 1. The Morgan fingerprint density at radius 1 is 1.09 bits per heavy atom. The second-order valence-electron chi connectivity index (χ2n) is 7.89. The zero-order valence-electron chi connectivity index (χ0n) is 18.8. The lowest BCUT2D eigenvalue weighted by Crippen LogP contribution is -2.67. The molecule has 0 saturated carbocycles. The van der Waals surface area contributed by atoms with Crippen molar-refractivity contribution in [2.75, 3.05) is 41.5 Å². The van der Waals surface area contributed by atoms with E-state index in [2.05, 4.69) is 5.32 Å². The molecule has 1 saturated heterocycles. The number of amides is 3. The van der Waals surface area contributed by atoms with Crippen molar-refractivity contribution >= 4 is 17.9 Å². The summed E-state index contributed by atoms with van der Waals surface area (Å²) in [6.07, 6.45) is 0.109. The number of hydrogen-bond donors (Lipinski definition) is 1. The summed E-state index contributed by atoms with van der Waals surface area (Å²) in [7, 11) is 5.97. The number of benzene rings is 1. The number of rotatable bonds is 6. The Morgan fingerprint density at radius 2 is 1.75 bits per heavy atom. The maximum atomic E-state index is 13.4. The van der Waals surface area contributed by atoms with Crippen LogP contribution >= 0.6 is 0 Å². The minimum Gasteiger partial charge on any atom is -0.493 e. The topological polar surface area (TPSA) is 107 Å². The Labute approximate surface area is 186 Å². The first-order valence-corrected chi connectivity index (χ1v) is 10.4. The molecule has 3 aliphatic rings. The Hall–Kier alpha value is -3.43. The number of nitrogens with zero attached hydrogens (tertiary/aromatic N) is 2. The molecular formula is C22H27N3O7. The molecule has 172 valence electrons. The summed E-state index contributed by atoms with van der Waals surface area (Å²) in [4.78, 5) is 41.8.